The molecule has 1 aromatic heterocycles. The maximum Gasteiger partial charge on any atom is 0.266 e. The largest absolute Gasteiger partial charge is 0.317 e. The van der Waals surface area contributed by atoms with E-state index in [1.165, 1.54) is 16.2 Å². The average molecular weight is 287 g/mol. The van der Waals surface area contributed by atoms with Crippen molar-refractivity contribution < 1.29 is 14.4 Å². The van der Waals surface area contributed by atoms with Gasteiger partial charge >= 0.3 is 0 Å². The number of hydrogen-bond acceptors (Lipinski definition) is 4. The van der Waals surface area contributed by atoms with Crippen molar-refractivity contribution in [2.45, 2.75) is 19.4 Å². The quantitative estimate of drug-likeness (QED) is 0.833. The fourth-order valence-corrected chi connectivity index (χ4v) is 2.95. The first-order valence-corrected chi connectivity index (χ1v) is 6.68. The SMILES string of the molecule is CCC1C(=O)NC(=O)CN1C(=O)c1sccc1Cl. The highest BCUT2D eigenvalue weighted by atomic mass is 35.5. The fourth-order valence-electron chi connectivity index (χ4n) is 1.86. The summed E-state index contributed by atoms with van der Waals surface area (Å²) in [7, 11) is 0. The van der Waals surface area contributed by atoms with Crippen molar-refractivity contribution in [1.82, 2.24) is 10.2 Å². The number of carbonyl (C=O) groups is 3. The Morgan fingerprint density at radius 1 is 1.61 bits per heavy atom. The lowest BCUT2D eigenvalue weighted by Crippen LogP contribution is -2.59. The number of rotatable bonds is 2. The summed E-state index contributed by atoms with van der Waals surface area (Å²) in [6.07, 6.45) is 0.452. The lowest BCUT2D eigenvalue weighted by Gasteiger charge is -2.33. The number of nitrogens with zero attached hydrogens (tertiary/aromatic N) is 1. The van der Waals surface area contributed by atoms with Crippen molar-refractivity contribution in [3.63, 3.8) is 0 Å². The number of piperazine rings is 1. The Balaban J connectivity index is 2.30. The third kappa shape index (κ3) is 2.26. The van der Waals surface area contributed by atoms with E-state index in [0.29, 0.717) is 16.3 Å². The molecule has 1 atom stereocenters. The molecule has 5 nitrogen and oxygen atoms in total. The molecule has 1 aromatic rings. The highest BCUT2D eigenvalue weighted by Crippen LogP contribution is 2.25. The highest BCUT2D eigenvalue weighted by molar-refractivity contribution is 7.12. The van der Waals surface area contributed by atoms with Crippen LogP contribution >= 0.6 is 22.9 Å². The van der Waals surface area contributed by atoms with Crippen LogP contribution in [0.1, 0.15) is 23.0 Å². The van der Waals surface area contributed by atoms with Gasteiger partial charge in [-0.1, -0.05) is 18.5 Å². The van der Waals surface area contributed by atoms with Crippen molar-refractivity contribution in [3.8, 4) is 0 Å². The second-order valence-electron chi connectivity index (χ2n) is 3.87. The number of nitrogens with one attached hydrogen (secondary N) is 1. The van der Waals surface area contributed by atoms with Crippen molar-refractivity contribution in [3.05, 3.63) is 21.3 Å². The van der Waals surface area contributed by atoms with Gasteiger partial charge in [0.05, 0.1) is 5.02 Å². The summed E-state index contributed by atoms with van der Waals surface area (Å²) < 4.78 is 0. The number of amides is 3. The van der Waals surface area contributed by atoms with Gasteiger partial charge in [0.2, 0.25) is 11.8 Å². The van der Waals surface area contributed by atoms with E-state index in [1.54, 1.807) is 18.4 Å². The standard InChI is InChI=1S/C11H11ClN2O3S/c1-2-7-10(16)13-8(15)5-14(7)11(17)9-6(12)3-4-18-9/h3-4,7H,2,5H2,1H3,(H,13,15,16). The lowest BCUT2D eigenvalue weighted by molar-refractivity contribution is -0.138. The molecule has 0 aromatic carbocycles. The first-order chi connectivity index (χ1) is 8.54. The average Bonchev–Trinajstić information content (AvgIpc) is 2.73. The van der Waals surface area contributed by atoms with Gasteiger partial charge in [-0.3, -0.25) is 19.7 Å². The summed E-state index contributed by atoms with van der Waals surface area (Å²) >= 11 is 7.10. The van der Waals surface area contributed by atoms with Crippen molar-refractivity contribution in [2.75, 3.05) is 6.54 Å². The maximum absolute atomic E-state index is 12.3. The van der Waals surface area contributed by atoms with Crippen molar-refractivity contribution in [1.29, 1.82) is 0 Å². The number of carbonyl (C=O) groups excluding carboxylic acids is 3. The number of imide groups is 1. The van der Waals surface area contributed by atoms with Crippen molar-refractivity contribution >= 4 is 40.7 Å². The van der Waals surface area contributed by atoms with E-state index in [4.69, 9.17) is 11.6 Å². The Kier molecular flexibility index (Phi) is 3.68. The predicted octanol–water partition coefficient (Wildman–Crippen LogP) is 1.28. The molecular formula is C11H11ClN2O3S. The predicted molar refractivity (Wildman–Crippen MR) is 67.6 cm³/mol. The molecule has 0 bridgehead atoms. The Bertz CT molecular complexity index is 514. The van der Waals surface area contributed by atoms with E-state index in [0.717, 1.165) is 0 Å². The molecule has 2 heterocycles. The van der Waals surface area contributed by atoms with Gasteiger partial charge < -0.3 is 4.90 Å². The van der Waals surface area contributed by atoms with Gasteiger partial charge in [0.25, 0.3) is 5.91 Å². The molecule has 0 radical (unpaired) electrons. The Morgan fingerprint density at radius 2 is 2.33 bits per heavy atom. The van der Waals surface area contributed by atoms with Crippen LogP contribution in [0.2, 0.25) is 5.02 Å². The monoisotopic (exact) mass is 286 g/mol. The molecule has 1 aliphatic rings. The van der Waals surface area contributed by atoms with Gasteiger partial charge in [-0.15, -0.1) is 11.3 Å². The van der Waals surface area contributed by atoms with Crippen LogP contribution in [0.25, 0.3) is 0 Å². The minimum atomic E-state index is -0.617. The lowest BCUT2D eigenvalue weighted by atomic mass is 10.1. The van der Waals surface area contributed by atoms with Crippen LogP contribution in [-0.4, -0.2) is 35.2 Å². The molecular weight excluding hydrogens is 276 g/mol. The van der Waals surface area contributed by atoms with Crippen LogP contribution in [0.3, 0.4) is 0 Å². The third-order valence-electron chi connectivity index (χ3n) is 2.71. The molecule has 0 aliphatic carbocycles. The first-order valence-electron chi connectivity index (χ1n) is 5.42. The van der Waals surface area contributed by atoms with Crippen LogP contribution in [0.15, 0.2) is 11.4 Å². The molecule has 1 N–H and O–H groups in total. The normalized spacial score (nSPS) is 19.9. The molecule has 0 saturated carbocycles. The summed E-state index contributed by atoms with van der Waals surface area (Å²) in [5.41, 5.74) is 0. The zero-order chi connectivity index (χ0) is 13.3. The summed E-state index contributed by atoms with van der Waals surface area (Å²) in [4.78, 5) is 36.9. The van der Waals surface area contributed by atoms with E-state index in [9.17, 15) is 14.4 Å². The van der Waals surface area contributed by atoms with Gasteiger partial charge in [0, 0.05) is 0 Å². The van der Waals surface area contributed by atoms with Gasteiger partial charge in [0.1, 0.15) is 17.5 Å². The molecule has 7 heteroatoms. The number of halogens is 1. The summed E-state index contributed by atoms with van der Waals surface area (Å²) in [5.74, 6) is -1.27. The molecule has 1 unspecified atom stereocenters. The van der Waals surface area contributed by atoms with E-state index >= 15 is 0 Å². The minimum absolute atomic E-state index is 0.114. The Hall–Kier alpha value is -1.40. The van der Waals surface area contributed by atoms with E-state index in [-0.39, 0.29) is 12.5 Å². The molecule has 18 heavy (non-hydrogen) atoms. The van der Waals surface area contributed by atoms with E-state index in [1.807, 2.05) is 0 Å². The van der Waals surface area contributed by atoms with Gasteiger partial charge in [-0.25, -0.2) is 0 Å². The van der Waals surface area contributed by atoms with E-state index < -0.39 is 17.9 Å². The molecule has 0 spiro atoms. The molecule has 1 saturated heterocycles. The number of thiophene rings is 1. The minimum Gasteiger partial charge on any atom is -0.317 e. The molecule has 1 aliphatic heterocycles. The third-order valence-corrected chi connectivity index (χ3v) is 4.04. The Labute approximate surface area is 113 Å². The number of hydrogen-bond donors (Lipinski definition) is 1. The summed E-state index contributed by atoms with van der Waals surface area (Å²) in [5, 5.41) is 4.27. The van der Waals surface area contributed by atoms with Gasteiger partial charge in [-0.05, 0) is 17.9 Å². The van der Waals surface area contributed by atoms with Crippen LogP contribution in [-0.2, 0) is 9.59 Å². The van der Waals surface area contributed by atoms with Crippen LogP contribution in [0, 0.1) is 0 Å². The topological polar surface area (TPSA) is 66.5 Å². The summed E-state index contributed by atoms with van der Waals surface area (Å²) in [6, 6.07) is 1.00. The zero-order valence-electron chi connectivity index (χ0n) is 9.60. The molecule has 3 amide bonds. The highest BCUT2D eigenvalue weighted by Gasteiger charge is 2.36. The smallest absolute Gasteiger partial charge is 0.266 e. The molecule has 2 rings (SSSR count). The van der Waals surface area contributed by atoms with Crippen LogP contribution in [0.4, 0.5) is 0 Å². The molecule has 96 valence electrons. The second kappa shape index (κ2) is 5.07. The molecule has 1 fully saturated rings. The maximum atomic E-state index is 12.3. The van der Waals surface area contributed by atoms with Crippen LogP contribution < -0.4 is 5.32 Å². The van der Waals surface area contributed by atoms with E-state index in [2.05, 4.69) is 5.32 Å². The second-order valence-corrected chi connectivity index (χ2v) is 5.19. The van der Waals surface area contributed by atoms with Gasteiger partial charge in [0.15, 0.2) is 0 Å². The summed E-state index contributed by atoms with van der Waals surface area (Å²) in [6.45, 7) is 1.67. The zero-order valence-corrected chi connectivity index (χ0v) is 11.2. The first kappa shape index (κ1) is 13.0. The Morgan fingerprint density at radius 3 is 2.89 bits per heavy atom. The van der Waals surface area contributed by atoms with Crippen LogP contribution in [0.5, 0.6) is 0 Å². The fraction of sp³-hybridized carbons (Fsp3) is 0.364. The van der Waals surface area contributed by atoms with Crippen molar-refractivity contribution in [2.24, 2.45) is 0 Å². The van der Waals surface area contributed by atoms with Gasteiger partial charge in [-0.2, -0.15) is 0 Å².